The van der Waals surface area contributed by atoms with Gasteiger partial charge in [0.2, 0.25) is 5.78 Å². The van der Waals surface area contributed by atoms with Crippen molar-refractivity contribution in [1.82, 2.24) is 4.98 Å². The highest BCUT2D eigenvalue weighted by molar-refractivity contribution is 7.17. The van der Waals surface area contributed by atoms with Crippen molar-refractivity contribution in [3.05, 3.63) is 75.3 Å². The Bertz CT molecular complexity index is 1010. The van der Waals surface area contributed by atoms with Crippen LogP contribution >= 0.6 is 11.3 Å². The van der Waals surface area contributed by atoms with E-state index in [1.807, 2.05) is 63.2 Å². The van der Waals surface area contributed by atoms with E-state index in [0.717, 1.165) is 27.3 Å². The molecule has 5 heteroatoms. The van der Waals surface area contributed by atoms with E-state index in [4.69, 9.17) is 4.74 Å². The molecule has 4 nitrogen and oxygen atoms in total. The van der Waals surface area contributed by atoms with Crippen molar-refractivity contribution in [1.29, 1.82) is 0 Å². The van der Waals surface area contributed by atoms with E-state index in [9.17, 15) is 9.59 Å². The number of ketones is 1. The van der Waals surface area contributed by atoms with Crippen LogP contribution in [0, 0.1) is 27.7 Å². The average Bonchev–Trinajstić information content (AvgIpc) is 3.05. The summed E-state index contributed by atoms with van der Waals surface area (Å²) in [7, 11) is 0. The van der Waals surface area contributed by atoms with Crippen molar-refractivity contribution >= 4 is 23.1 Å². The van der Waals surface area contributed by atoms with E-state index in [2.05, 4.69) is 4.98 Å². The molecule has 0 unspecified atom stereocenters. The molecule has 0 fully saturated rings. The lowest BCUT2D eigenvalue weighted by Gasteiger charge is -2.09. The van der Waals surface area contributed by atoms with Crippen LogP contribution in [-0.2, 0) is 4.74 Å². The molecule has 0 aliphatic carbocycles. The minimum Gasteiger partial charge on any atom is -0.453 e. The maximum atomic E-state index is 12.5. The Balaban J connectivity index is 1.72. The van der Waals surface area contributed by atoms with E-state index in [-0.39, 0.29) is 12.4 Å². The quantitative estimate of drug-likeness (QED) is 0.458. The number of hydrogen-bond acceptors (Lipinski definition) is 5. The third-order valence-electron chi connectivity index (χ3n) is 4.48. The van der Waals surface area contributed by atoms with E-state index >= 15 is 0 Å². The normalized spacial score (nSPS) is 10.7. The molecule has 27 heavy (non-hydrogen) atoms. The molecule has 0 spiro atoms. The van der Waals surface area contributed by atoms with Crippen molar-refractivity contribution in [2.45, 2.75) is 27.7 Å². The van der Waals surface area contributed by atoms with Crippen LogP contribution in [0.1, 0.15) is 42.4 Å². The van der Waals surface area contributed by atoms with Gasteiger partial charge in [-0.15, -0.1) is 11.3 Å². The average molecular weight is 379 g/mol. The number of ether oxygens (including phenoxy) is 1. The summed E-state index contributed by atoms with van der Waals surface area (Å²) in [6.45, 7) is 7.35. The third kappa shape index (κ3) is 4.14. The Morgan fingerprint density at radius 2 is 1.63 bits per heavy atom. The first-order valence-corrected chi connectivity index (χ1v) is 9.49. The van der Waals surface area contributed by atoms with Crippen LogP contribution in [0.2, 0.25) is 0 Å². The topological polar surface area (TPSA) is 56.3 Å². The number of aromatic nitrogens is 1. The fourth-order valence-corrected chi connectivity index (χ4v) is 3.79. The van der Waals surface area contributed by atoms with Crippen LogP contribution in [0.5, 0.6) is 0 Å². The maximum Gasteiger partial charge on any atom is 0.350 e. The number of carbonyl (C=O) groups excluding carboxylic acids is 2. The largest absolute Gasteiger partial charge is 0.453 e. The monoisotopic (exact) mass is 379 g/mol. The molecule has 1 aromatic heterocycles. The van der Waals surface area contributed by atoms with Gasteiger partial charge in [-0.1, -0.05) is 36.4 Å². The van der Waals surface area contributed by atoms with Gasteiger partial charge in [0.25, 0.3) is 0 Å². The first-order valence-electron chi connectivity index (χ1n) is 8.68. The van der Waals surface area contributed by atoms with Gasteiger partial charge in [0.15, 0.2) is 6.61 Å². The maximum absolute atomic E-state index is 12.5. The van der Waals surface area contributed by atoms with Gasteiger partial charge in [-0.05, 0) is 50.5 Å². The van der Waals surface area contributed by atoms with Gasteiger partial charge in [-0.25, -0.2) is 9.78 Å². The number of aryl methyl sites for hydroxylation is 4. The molecule has 1 heterocycles. The summed E-state index contributed by atoms with van der Waals surface area (Å²) in [6.07, 6.45) is 0. The molecule has 0 bridgehead atoms. The Morgan fingerprint density at radius 1 is 0.963 bits per heavy atom. The molecular formula is C22H21NO3S. The zero-order valence-electron chi connectivity index (χ0n) is 15.8. The third-order valence-corrected chi connectivity index (χ3v) is 5.66. The van der Waals surface area contributed by atoms with Crippen LogP contribution in [-0.4, -0.2) is 23.3 Å². The SMILES string of the molecule is Cc1cc(C)c(C(=O)COC(=O)c2sc(-c3ccccc3)nc2C)cc1C. The van der Waals surface area contributed by atoms with Crippen LogP contribution < -0.4 is 0 Å². The Morgan fingerprint density at radius 3 is 2.33 bits per heavy atom. The molecule has 0 radical (unpaired) electrons. The number of hydrogen-bond donors (Lipinski definition) is 0. The second-order valence-electron chi connectivity index (χ2n) is 6.55. The summed E-state index contributed by atoms with van der Waals surface area (Å²) in [6, 6.07) is 13.5. The van der Waals surface area contributed by atoms with Gasteiger partial charge in [-0.2, -0.15) is 0 Å². The molecule has 0 aliphatic heterocycles. The highest BCUT2D eigenvalue weighted by atomic mass is 32.1. The van der Waals surface area contributed by atoms with E-state index in [1.165, 1.54) is 11.3 Å². The molecular weight excluding hydrogens is 358 g/mol. The second-order valence-corrected chi connectivity index (χ2v) is 7.55. The van der Waals surface area contributed by atoms with E-state index < -0.39 is 5.97 Å². The van der Waals surface area contributed by atoms with Gasteiger partial charge in [0.05, 0.1) is 5.69 Å². The van der Waals surface area contributed by atoms with E-state index in [0.29, 0.717) is 16.1 Å². The lowest BCUT2D eigenvalue weighted by atomic mass is 9.98. The van der Waals surface area contributed by atoms with Crippen LogP contribution in [0.25, 0.3) is 10.6 Å². The van der Waals surface area contributed by atoms with Gasteiger partial charge in [0, 0.05) is 11.1 Å². The molecule has 0 amide bonds. The predicted octanol–water partition coefficient (Wildman–Crippen LogP) is 5.08. The number of Topliss-reactive ketones (excluding diaryl/α,β-unsaturated/α-hetero) is 1. The summed E-state index contributed by atoms with van der Waals surface area (Å²) in [5.41, 5.74) is 5.22. The fraction of sp³-hybridized carbons (Fsp3) is 0.227. The molecule has 3 aromatic rings. The van der Waals surface area contributed by atoms with E-state index in [1.54, 1.807) is 6.92 Å². The van der Waals surface area contributed by atoms with Crippen molar-refractivity contribution in [3.8, 4) is 10.6 Å². The van der Waals surface area contributed by atoms with Gasteiger partial charge >= 0.3 is 5.97 Å². The van der Waals surface area contributed by atoms with Crippen molar-refractivity contribution in [2.75, 3.05) is 6.61 Å². The zero-order chi connectivity index (χ0) is 19.6. The highest BCUT2D eigenvalue weighted by Crippen LogP contribution is 2.28. The second kappa shape index (κ2) is 7.84. The lowest BCUT2D eigenvalue weighted by Crippen LogP contribution is -2.15. The molecule has 0 N–H and O–H groups in total. The van der Waals surface area contributed by atoms with Crippen LogP contribution in [0.4, 0.5) is 0 Å². The first-order chi connectivity index (χ1) is 12.9. The molecule has 0 aliphatic rings. The molecule has 2 aromatic carbocycles. The van der Waals surface area contributed by atoms with Crippen molar-refractivity contribution in [2.24, 2.45) is 0 Å². The number of benzene rings is 2. The first kappa shape index (κ1) is 19.0. The minimum atomic E-state index is -0.512. The van der Waals surface area contributed by atoms with Crippen LogP contribution in [0.3, 0.4) is 0 Å². The summed E-state index contributed by atoms with van der Waals surface area (Å²) in [4.78, 5) is 29.8. The highest BCUT2D eigenvalue weighted by Gasteiger charge is 2.19. The van der Waals surface area contributed by atoms with Crippen molar-refractivity contribution < 1.29 is 14.3 Å². The fourth-order valence-electron chi connectivity index (χ4n) is 2.83. The Hall–Kier alpha value is -2.79. The summed E-state index contributed by atoms with van der Waals surface area (Å²) in [5.74, 6) is -0.712. The lowest BCUT2D eigenvalue weighted by molar-refractivity contribution is 0.0478. The summed E-state index contributed by atoms with van der Waals surface area (Å²) in [5, 5.41) is 0.761. The smallest absolute Gasteiger partial charge is 0.350 e. The van der Waals surface area contributed by atoms with Gasteiger partial charge in [0.1, 0.15) is 9.88 Å². The molecule has 138 valence electrons. The summed E-state index contributed by atoms with van der Waals surface area (Å²) >= 11 is 1.28. The van der Waals surface area contributed by atoms with Crippen LogP contribution in [0.15, 0.2) is 42.5 Å². The Labute approximate surface area is 162 Å². The number of thiazole rings is 1. The Kier molecular flexibility index (Phi) is 5.51. The molecule has 0 atom stereocenters. The predicted molar refractivity (Wildman–Crippen MR) is 108 cm³/mol. The number of carbonyl (C=O) groups is 2. The standard InChI is InChI=1S/C22H21NO3S/c1-13-10-15(3)18(11-14(13)2)19(24)12-26-22(25)20-16(4)23-21(27-20)17-8-6-5-7-9-17/h5-11H,12H2,1-4H3. The van der Waals surface area contributed by atoms with Crippen molar-refractivity contribution in [3.63, 3.8) is 0 Å². The number of esters is 1. The zero-order valence-corrected chi connectivity index (χ0v) is 16.6. The minimum absolute atomic E-state index is 0.200. The van der Waals surface area contributed by atoms with Gasteiger partial charge in [-0.3, -0.25) is 4.79 Å². The molecule has 0 saturated heterocycles. The number of nitrogens with zero attached hydrogens (tertiary/aromatic N) is 1. The number of rotatable bonds is 5. The molecule has 3 rings (SSSR count). The van der Waals surface area contributed by atoms with Gasteiger partial charge < -0.3 is 4.74 Å². The molecule has 0 saturated carbocycles. The summed E-state index contributed by atoms with van der Waals surface area (Å²) < 4.78 is 5.28.